The minimum Gasteiger partial charge on any atom is -0.0671 e. The van der Waals surface area contributed by atoms with Crippen LogP contribution in [0.15, 0.2) is 91.0 Å². The molecule has 4 radical (unpaired) electrons. The van der Waals surface area contributed by atoms with Gasteiger partial charge < -0.3 is 0 Å². The van der Waals surface area contributed by atoms with Crippen LogP contribution in [-0.4, -0.2) is 38.7 Å². The molecule has 0 fully saturated rings. The molecular formula is C29H42Si2Sn. The minimum atomic E-state index is -0.545. The molecule has 170 valence electrons. The van der Waals surface area contributed by atoms with E-state index in [2.05, 4.69) is 152 Å². The molecule has 32 heavy (non-hydrogen) atoms. The van der Waals surface area contributed by atoms with Gasteiger partial charge in [-0.1, -0.05) is 126 Å². The third-order valence-corrected chi connectivity index (χ3v) is 12.7. The zero-order valence-corrected chi connectivity index (χ0v) is 26.5. The van der Waals surface area contributed by atoms with Crippen LogP contribution in [0.2, 0.25) is 26.5 Å². The Balaban J connectivity index is 0.000000252. The van der Waals surface area contributed by atoms with Crippen LogP contribution in [0, 0.1) is 0 Å². The van der Waals surface area contributed by atoms with Gasteiger partial charge in [-0.2, -0.15) is 0 Å². The second-order valence-electron chi connectivity index (χ2n) is 10.3. The minimum absolute atomic E-state index is 0.182. The van der Waals surface area contributed by atoms with Crippen molar-refractivity contribution in [3.63, 3.8) is 0 Å². The van der Waals surface area contributed by atoms with E-state index in [1.807, 2.05) is 0 Å². The molecule has 3 aromatic rings. The first-order valence-electron chi connectivity index (χ1n) is 11.5. The maximum atomic E-state index is 2.37. The van der Waals surface area contributed by atoms with Crippen molar-refractivity contribution in [2.24, 2.45) is 0 Å². The van der Waals surface area contributed by atoms with Crippen LogP contribution >= 0.6 is 0 Å². The fraction of sp³-hybridized carbons (Fsp3) is 0.379. The van der Waals surface area contributed by atoms with Crippen molar-refractivity contribution in [2.45, 2.75) is 68.0 Å². The quantitative estimate of drug-likeness (QED) is 0.310. The predicted molar refractivity (Wildman–Crippen MR) is 153 cm³/mol. The van der Waals surface area contributed by atoms with E-state index in [1.54, 1.807) is 0 Å². The number of rotatable bonds is 3. The van der Waals surface area contributed by atoms with Crippen molar-refractivity contribution in [3.8, 4) is 0 Å². The largest absolute Gasteiger partial charge is 0.118 e. The molecule has 0 atom stereocenters. The molecule has 0 spiro atoms. The van der Waals surface area contributed by atoms with Crippen LogP contribution in [0.3, 0.4) is 0 Å². The standard InChI is InChI=1S/C13H13Si.C8H11Si.2C4H9.Sn/c1-14(12-8-4-2-5-9-12)13-10-6-3-7-11-13;1-9(2)8-6-4-3-5-7-8;2*1-4(2)3;/h2-11H,1H3;3-7H,1-2H3;2*1-3H3;. The maximum absolute atomic E-state index is 2.37. The van der Waals surface area contributed by atoms with Gasteiger partial charge in [0.1, 0.15) is 8.80 Å². The molecule has 0 N–H and O–H groups in total. The molecule has 0 nitrogen and oxygen atoms in total. The average Bonchev–Trinajstić information content (AvgIpc) is 2.73. The van der Waals surface area contributed by atoms with Gasteiger partial charge in [-0.3, -0.25) is 0 Å². The summed E-state index contributed by atoms with van der Waals surface area (Å²) in [5.74, 6) is 0. The first-order chi connectivity index (χ1) is 14.9. The topological polar surface area (TPSA) is 0 Å². The Hall–Kier alpha value is -1.11. The third kappa shape index (κ3) is 13.4. The van der Waals surface area contributed by atoms with Gasteiger partial charge in [0.05, 0.1) is 8.80 Å². The molecule has 3 heteroatoms. The summed E-state index contributed by atoms with van der Waals surface area (Å²) in [6.45, 7) is 21.1. The number of benzene rings is 3. The molecule has 0 unspecified atom stereocenters. The molecule has 0 amide bonds. The summed E-state index contributed by atoms with van der Waals surface area (Å²) < 4.78 is 1.31. The molecule has 0 aliphatic carbocycles. The molecule has 0 aromatic heterocycles. The van der Waals surface area contributed by atoms with E-state index in [1.165, 1.54) is 15.6 Å². The van der Waals surface area contributed by atoms with E-state index in [0.29, 0.717) is 6.86 Å². The maximum Gasteiger partial charge on any atom is 0.118 e. The van der Waals surface area contributed by atoms with E-state index < -0.39 is 8.80 Å². The first-order valence-corrected chi connectivity index (χ1v) is 18.8. The van der Waals surface area contributed by atoms with Crippen molar-refractivity contribution < 1.29 is 0 Å². The molecule has 3 rings (SSSR count). The second-order valence-corrected chi connectivity index (χ2v) is 24.6. The fourth-order valence-electron chi connectivity index (χ4n) is 3.44. The van der Waals surface area contributed by atoms with Crippen LogP contribution in [0.25, 0.3) is 0 Å². The van der Waals surface area contributed by atoms with Crippen LogP contribution in [0.5, 0.6) is 0 Å². The van der Waals surface area contributed by atoms with E-state index in [9.17, 15) is 0 Å². The Labute approximate surface area is 212 Å². The summed E-state index contributed by atoms with van der Waals surface area (Å²) >= 11 is -0.182. The van der Waals surface area contributed by atoms with Crippen molar-refractivity contribution >= 4 is 54.3 Å². The third-order valence-electron chi connectivity index (χ3n) is 4.51. The smallest absolute Gasteiger partial charge is 0.0671 e. The van der Waals surface area contributed by atoms with Gasteiger partial charge in [-0.05, 0) is 0 Å². The van der Waals surface area contributed by atoms with Crippen LogP contribution in [-0.2, 0) is 0 Å². The van der Waals surface area contributed by atoms with Gasteiger partial charge in [0, 0.05) is 0 Å². The Morgan fingerprint density at radius 3 is 0.938 bits per heavy atom. The number of hydrogen-bond donors (Lipinski definition) is 0. The SMILES string of the molecule is C[C](C)(C)[Sn][C](C)(C)C.C[Si](C)c1ccccc1.C[Si](c1ccccc1)c1ccccc1. The Kier molecular flexibility index (Phi) is 12.9. The molecule has 3 aromatic carbocycles. The monoisotopic (exact) mass is 566 g/mol. The van der Waals surface area contributed by atoms with Crippen LogP contribution in [0.4, 0.5) is 0 Å². The van der Waals surface area contributed by atoms with Crippen molar-refractivity contribution in [1.29, 1.82) is 0 Å². The van der Waals surface area contributed by atoms with Gasteiger partial charge >= 0.3 is 69.5 Å². The van der Waals surface area contributed by atoms with Gasteiger partial charge in [-0.25, -0.2) is 0 Å². The first kappa shape index (κ1) is 28.9. The van der Waals surface area contributed by atoms with Gasteiger partial charge in [0.2, 0.25) is 0 Å². The number of hydrogen-bond acceptors (Lipinski definition) is 0. The normalized spacial score (nSPS) is 11.3. The summed E-state index contributed by atoms with van der Waals surface area (Å²) in [5.41, 5.74) is 0. The Morgan fingerprint density at radius 1 is 0.469 bits per heavy atom. The second kappa shape index (κ2) is 14.2. The summed E-state index contributed by atoms with van der Waals surface area (Å²) in [7, 11) is -0.757. The van der Waals surface area contributed by atoms with E-state index in [0.717, 1.165) is 0 Å². The molecule has 0 bridgehead atoms. The van der Waals surface area contributed by atoms with Crippen LogP contribution < -0.4 is 15.6 Å². The molecule has 0 saturated carbocycles. The molecular weight excluding hydrogens is 523 g/mol. The van der Waals surface area contributed by atoms with Crippen molar-refractivity contribution in [1.82, 2.24) is 0 Å². The summed E-state index contributed by atoms with van der Waals surface area (Å²) in [6.07, 6.45) is 0. The summed E-state index contributed by atoms with van der Waals surface area (Å²) in [6, 6.07) is 32.2. The molecule has 0 aliphatic heterocycles. The average molecular weight is 566 g/mol. The summed E-state index contributed by atoms with van der Waals surface area (Å²) in [5, 5.41) is 4.47. The van der Waals surface area contributed by atoms with E-state index in [-0.39, 0.29) is 29.9 Å². The predicted octanol–water partition coefficient (Wildman–Crippen LogP) is 6.70. The van der Waals surface area contributed by atoms with E-state index >= 15 is 0 Å². The zero-order chi connectivity index (χ0) is 24.2. The fourth-order valence-corrected chi connectivity index (χ4v) is 12.4. The van der Waals surface area contributed by atoms with Gasteiger partial charge in [-0.15, -0.1) is 0 Å². The zero-order valence-electron chi connectivity index (χ0n) is 21.7. The van der Waals surface area contributed by atoms with Crippen LogP contribution in [0.1, 0.15) is 41.5 Å². The van der Waals surface area contributed by atoms with Crippen molar-refractivity contribution in [2.75, 3.05) is 0 Å². The molecule has 0 heterocycles. The summed E-state index contributed by atoms with van der Waals surface area (Å²) in [4.78, 5) is 0. The Bertz CT molecular complexity index is 797. The Morgan fingerprint density at radius 2 is 0.750 bits per heavy atom. The van der Waals surface area contributed by atoms with Gasteiger partial charge in [0.15, 0.2) is 0 Å². The molecule has 0 saturated heterocycles. The van der Waals surface area contributed by atoms with E-state index in [4.69, 9.17) is 0 Å². The molecule has 0 aliphatic rings. The van der Waals surface area contributed by atoms with Crippen molar-refractivity contribution in [3.05, 3.63) is 91.0 Å². The van der Waals surface area contributed by atoms with Gasteiger partial charge in [0.25, 0.3) is 0 Å².